The van der Waals surface area contributed by atoms with Gasteiger partial charge in [-0.05, 0) is 44.7 Å². The molecule has 1 fully saturated rings. The van der Waals surface area contributed by atoms with Crippen LogP contribution in [0.25, 0.3) is 0 Å². The summed E-state index contributed by atoms with van der Waals surface area (Å²) in [5, 5.41) is 14.5. The predicted octanol–water partition coefficient (Wildman–Crippen LogP) is 1.66. The monoisotopic (exact) mass is 299 g/mol. The van der Waals surface area contributed by atoms with Gasteiger partial charge in [-0.15, -0.1) is 0 Å². The van der Waals surface area contributed by atoms with Crippen molar-refractivity contribution >= 4 is 12.0 Å². The van der Waals surface area contributed by atoms with Gasteiger partial charge < -0.3 is 20.6 Å². The minimum Gasteiger partial charge on any atom is -0.481 e. The van der Waals surface area contributed by atoms with Crippen molar-refractivity contribution in [3.05, 3.63) is 0 Å². The number of carbonyl (C=O) groups excluding carboxylic acids is 1. The van der Waals surface area contributed by atoms with E-state index < -0.39 is 5.97 Å². The molecule has 2 unspecified atom stereocenters. The molecule has 6 heteroatoms. The molecule has 0 spiro atoms. The molecule has 0 bridgehead atoms. The van der Waals surface area contributed by atoms with Crippen LogP contribution >= 0.6 is 0 Å². The molecule has 2 atom stereocenters. The molecule has 1 aliphatic rings. The first-order valence-corrected chi connectivity index (χ1v) is 7.99. The Bertz CT molecular complexity index is 336. The molecular formula is C15H29N3O3. The summed E-state index contributed by atoms with van der Waals surface area (Å²) in [6.07, 6.45) is 3.84. The van der Waals surface area contributed by atoms with Crippen LogP contribution in [-0.4, -0.2) is 54.2 Å². The lowest BCUT2D eigenvalue weighted by Gasteiger charge is -2.32. The van der Waals surface area contributed by atoms with Crippen LogP contribution in [0.2, 0.25) is 0 Å². The van der Waals surface area contributed by atoms with Crippen molar-refractivity contribution in [2.45, 2.75) is 52.0 Å². The lowest BCUT2D eigenvalue weighted by Crippen LogP contribution is -2.50. The van der Waals surface area contributed by atoms with E-state index in [1.807, 2.05) is 6.92 Å². The van der Waals surface area contributed by atoms with Gasteiger partial charge in [0.05, 0.1) is 0 Å². The van der Waals surface area contributed by atoms with Crippen LogP contribution in [0.4, 0.5) is 4.79 Å². The second-order valence-corrected chi connectivity index (χ2v) is 5.96. The van der Waals surface area contributed by atoms with Crippen molar-refractivity contribution in [3.63, 3.8) is 0 Å². The van der Waals surface area contributed by atoms with Crippen LogP contribution in [0.3, 0.4) is 0 Å². The number of likely N-dealkylation sites (tertiary alicyclic amines) is 1. The van der Waals surface area contributed by atoms with E-state index in [2.05, 4.69) is 22.5 Å². The Hall–Kier alpha value is -1.30. The van der Waals surface area contributed by atoms with Gasteiger partial charge >= 0.3 is 12.0 Å². The quantitative estimate of drug-likeness (QED) is 0.636. The molecule has 0 radical (unpaired) electrons. The Balaban J connectivity index is 2.12. The van der Waals surface area contributed by atoms with E-state index in [4.69, 9.17) is 5.11 Å². The number of carbonyl (C=O) groups is 2. The lowest BCUT2D eigenvalue weighted by atomic mass is 10.0. The number of piperidine rings is 1. The van der Waals surface area contributed by atoms with Gasteiger partial charge in [0.1, 0.15) is 0 Å². The second-order valence-electron chi connectivity index (χ2n) is 5.96. The number of nitrogens with one attached hydrogen (secondary N) is 2. The molecule has 6 nitrogen and oxygen atoms in total. The smallest absolute Gasteiger partial charge is 0.315 e. The van der Waals surface area contributed by atoms with E-state index in [1.165, 1.54) is 0 Å². The molecule has 2 amide bonds. The Kier molecular flexibility index (Phi) is 8.12. The maximum atomic E-state index is 11.8. The summed E-state index contributed by atoms with van der Waals surface area (Å²) in [6.45, 7) is 7.83. The second kappa shape index (κ2) is 9.60. The molecule has 1 heterocycles. The van der Waals surface area contributed by atoms with Gasteiger partial charge in [0.25, 0.3) is 0 Å². The Labute approximate surface area is 127 Å². The zero-order valence-corrected chi connectivity index (χ0v) is 13.2. The van der Waals surface area contributed by atoms with Gasteiger partial charge in [-0.25, -0.2) is 4.79 Å². The van der Waals surface area contributed by atoms with Crippen molar-refractivity contribution < 1.29 is 14.7 Å². The molecule has 1 saturated heterocycles. The summed E-state index contributed by atoms with van der Waals surface area (Å²) >= 11 is 0. The van der Waals surface area contributed by atoms with Crippen molar-refractivity contribution in [1.82, 2.24) is 15.5 Å². The maximum absolute atomic E-state index is 11.8. The van der Waals surface area contributed by atoms with Gasteiger partial charge in [-0.2, -0.15) is 0 Å². The largest absolute Gasteiger partial charge is 0.481 e. The average molecular weight is 299 g/mol. The first kappa shape index (κ1) is 17.8. The molecule has 1 aliphatic heterocycles. The van der Waals surface area contributed by atoms with Gasteiger partial charge in [-0.3, -0.25) is 4.79 Å². The summed E-state index contributed by atoms with van der Waals surface area (Å²) in [6, 6.07) is 0.131. The molecule has 0 aromatic heterocycles. The number of hydrogen-bond donors (Lipinski definition) is 3. The summed E-state index contributed by atoms with van der Waals surface area (Å²) in [5.74, 6) is -0.447. The average Bonchev–Trinajstić information content (AvgIpc) is 2.45. The molecule has 0 aliphatic carbocycles. The van der Waals surface area contributed by atoms with Gasteiger partial charge in [0, 0.05) is 25.6 Å². The van der Waals surface area contributed by atoms with Crippen LogP contribution in [0.5, 0.6) is 0 Å². The predicted molar refractivity (Wildman–Crippen MR) is 82.3 cm³/mol. The highest BCUT2D eigenvalue weighted by molar-refractivity contribution is 5.74. The summed E-state index contributed by atoms with van der Waals surface area (Å²) in [7, 11) is 0. The molecule has 0 aromatic rings. The SMILES string of the molecule is CCN1CCCC(NC(=O)NCCC(C)CCC(=O)O)C1. The normalized spacial score (nSPS) is 20.8. The van der Waals surface area contributed by atoms with Crippen molar-refractivity contribution in [1.29, 1.82) is 0 Å². The van der Waals surface area contributed by atoms with E-state index in [0.717, 1.165) is 38.9 Å². The number of nitrogens with zero attached hydrogens (tertiary/aromatic N) is 1. The van der Waals surface area contributed by atoms with Crippen molar-refractivity contribution in [2.24, 2.45) is 5.92 Å². The third-order valence-electron chi connectivity index (χ3n) is 4.06. The van der Waals surface area contributed by atoms with Crippen LogP contribution in [-0.2, 0) is 4.79 Å². The highest BCUT2D eigenvalue weighted by Crippen LogP contribution is 2.10. The number of urea groups is 1. The number of carboxylic acid groups (broad SMARTS) is 1. The molecule has 0 aromatic carbocycles. The number of aliphatic carboxylic acids is 1. The standard InChI is InChI=1S/C15H29N3O3/c1-3-18-10-4-5-13(11-18)17-15(21)16-9-8-12(2)6-7-14(19)20/h12-13H,3-11H2,1-2H3,(H,19,20)(H2,16,17,21). The third-order valence-corrected chi connectivity index (χ3v) is 4.06. The zero-order valence-electron chi connectivity index (χ0n) is 13.2. The number of likely N-dealkylation sites (N-methyl/N-ethyl adjacent to an activating group) is 1. The van der Waals surface area contributed by atoms with Crippen molar-refractivity contribution in [3.8, 4) is 0 Å². The maximum Gasteiger partial charge on any atom is 0.315 e. The van der Waals surface area contributed by atoms with E-state index >= 15 is 0 Å². The summed E-state index contributed by atoms with van der Waals surface area (Å²) < 4.78 is 0. The number of carboxylic acids is 1. The topological polar surface area (TPSA) is 81.7 Å². The first-order chi connectivity index (χ1) is 10.0. The Morgan fingerprint density at radius 2 is 2.14 bits per heavy atom. The van der Waals surface area contributed by atoms with Gasteiger partial charge in [0.2, 0.25) is 0 Å². The highest BCUT2D eigenvalue weighted by Gasteiger charge is 2.20. The van der Waals surface area contributed by atoms with Crippen molar-refractivity contribution in [2.75, 3.05) is 26.2 Å². The number of hydrogen-bond acceptors (Lipinski definition) is 3. The molecule has 0 saturated carbocycles. The fourth-order valence-corrected chi connectivity index (χ4v) is 2.64. The minimum absolute atomic E-state index is 0.108. The first-order valence-electron chi connectivity index (χ1n) is 7.99. The fourth-order valence-electron chi connectivity index (χ4n) is 2.64. The van der Waals surface area contributed by atoms with Crippen LogP contribution in [0.15, 0.2) is 0 Å². The molecule has 3 N–H and O–H groups in total. The minimum atomic E-state index is -0.759. The fraction of sp³-hybridized carbons (Fsp3) is 0.867. The highest BCUT2D eigenvalue weighted by atomic mass is 16.4. The molecule has 21 heavy (non-hydrogen) atoms. The van der Waals surface area contributed by atoms with Gasteiger partial charge in [-0.1, -0.05) is 13.8 Å². The summed E-state index contributed by atoms with van der Waals surface area (Å²) in [4.78, 5) is 24.6. The Morgan fingerprint density at radius 3 is 2.81 bits per heavy atom. The van der Waals surface area contributed by atoms with Crippen LogP contribution in [0, 0.1) is 5.92 Å². The van der Waals surface area contributed by atoms with E-state index in [-0.39, 0.29) is 18.5 Å². The van der Waals surface area contributed by atoms with Gasteiger partial charge in [0.15, 0.2) is 0 Å². The number of rotatable bonds is 8. The zero-order chi connectivity index (χ0) is 15.7. The lowest BCUT2D eigenvalue weighted by molar-refractivity contribution is -0.137. The molecular weight excluding hydrogens is 270 g/mol. The van der Waals surface area contributed by atoms with Crippen LogP contribution in [0.1, 0.15) is 46.0 Å². The molecule has 122 valence electrons. The summed E-state index contributed by atoms with van der Waals surface area (Å²) in [5.41, 5.74) is 0. The number of amides is 2. The molecule has 1 rings (SSSR count). The Morgan fingerprint density at radius 1 is 1.38 bits per heavy atom. The van der Waals surface area contributed by atoms with Crippen LogP contribution < -0.4 is 10.6 Å². The third kappa shape index (κ3) is 7.90. The van der Waals surface area contributed by atoms with E-state index in [9.17, 15) is 9.59 Å². The van der Waals surface area contributed by atoms with E-state index in [1.54, 1.807) is 0 Å². The van der Waals surface area contributed by atoms with E-state index in [0.29, 0.717) is 18.9 Å².